The predicted octanol–water partition coefficient (Wildman–Crippen LogP) is 2.65. The maximum absolute atomic E-state index is 12.4. The van der Waals surface area contributed by atoms with Crippen LogP contribution in [-0.4, -0.2) is 24.8 Å². The molecule has 0 N–H and O–H groups in total. The van der Waals surface area contributed by atoms with E-state index in [1.54, 1.807) is 9.25 Å². The third-order valence-electron chi connectivity index (χ3n) is 3.77. The van der Waals surface area contributed by atoms with Crippen LogP contribution in [0, 0.1) is 0 Å². The molecule has 0 unspecified atom stereocenters. The normalized spacial score (nSPS) is 12.6. The van der Waals surface area contributed by atoms with Gasteiger partial charge in [0.05, 0.1) is 21.9 Å². The van der Waals surface area contributed by atoms with Gasteiger partial charge in [0.2, 0.25) is 0 Å². The lowest BCUT2D eigenvalue weighted by Crippen LogP contribution is -2.21. The van der Waals surface area contributed by atoms with Crippen LogP contribution in [0.15, 0.2) is 59.4 Å². The van der Waals surface area contributed by atoms with Crippen molar-refractivity contribution in [3.63, 3.8) is 0 Å². The Morgan fingerprint density at radius 3 is 2.61 bits per heavy atom. The first-order valence-electron chi connectivity index (χ1n) is 7.19. The first-order valence-corrected chi connectivity index (χ1v) is 8.01. The number of hydrogen-bond acceptors (Lipinski definition) is 5. The average molecular weight is 323 g/mol. The summed E-state index contributed by atoms with van der Waals surface area (Å²) in [5.41, 5.74) is 1.77. The molecule has 0 aliphatic heterocycles. The molecule has 0 bridgehead atoms. The Hall–Kier alpha value is -2.80. The van der Waals surface area contributed by atoms with Crippen LogP contribution in [-0.2, 0) is 0 Å². The Morgan fingerprint density at radius 2 is 1.78 bits per heavy atom. The molecule has 2 aromatic heterocycles. The topological polar surface area (TPSA) is 65.6 Å². The van der Waals surface area contributed by atoms with Crippen LogP contribution in [0.1, 0.15) is 18.8 Å². The van der Waals surface area contributed by atoms with Gasteiger partial charge in [-0.25, -0.2) is 0 Å². The van der Waals surface area contributed by atoms with Gasteiger partial charge in [-0.15, -0.1) is 5.10 Å². The van der Waals surface area contributed by atoms with E-state index in [1.807, 2.05) is 61.5 Å². The van der Waals surface area contributed by atoms with Crippen LogP contribution in [0.25, 0.3) is 15.9 Å². The number of aromatic nitrogens is 5. The molecule has 1 atom stereocenters. The monoisotopic (exact) mass is 323 g/mol. The molecule has 0 radical (unpaired) electrons. The van der Waals surface area contributed by atoms with Crippen molar-refractivity contribution in [2.45, 2.75) is 13.0 Å². The summed E-state index contributed by atoms with van der Waals surface area (Å²) in [7, 11) is 0. The number of benzene rings is 2. The lowest BCUT2D eigenvalue weighted by molar-refractivity contribution is 0.587. The van der Waals surface area contributed by atoms with E-state index >= 15 is 0 Å². The Labute approximate surface area is 135 Å². The third-order valence-corrected chi connectivity index (χ3v) is 4.71. The van der Waals surface area contributed by atoms with Gasteiger partial charge in [0, 0.05) is 0 Å². The number of hydrogen-bond donors (Lipinski definition) is 0. The maximum atomic E-state index is 12.4. The molecule has 23 heavy (non-hydrogen) atoms. The highest BCUT2D eigenvalue weighted by Crippen LogP contribution is 2.24. The summed E-state index contributed by atoms with van der Waals surface area (Å²) in [4.78, 5) is 12.4. The molecular formula is C16H13N5OS. The Morgan fingerprint density at radius 1 is 1.04 bits per heavy atom. The van der Waals surface area contributed by atoms with Gasteiger partial charge in [-0.2, -0.15) is 4.68 Å². The third kappa shape index (κ3) is 2.25. The standard InChI is InChI=1S/C16H13N5OS/c1-11(20-13-9-5-6-10-14(13)23-16(20)22)15-17-18-19-21(15)12-7-3-2-4-8-12/h2-11H,1H3/t11-/m0/s1. The first kappa shape index (κ1) is 13.8. The fourth-order valence-electron chi connectivity index (χ4n) is 2.67. The summed E-state index contributed by atoms with van der Waals surface area (Å²) in [6, 6.07) is 17.1. The molecule has 4 aromatic rings. The van der Waals surface area contributed by atoms with Crippen LogP contribution < -0.4 is 4.87 Å². The second-order valence-corrected chi connectivity index (χ2v) is 6.16. The molecule has 6 nitrogen and oxygen atoms in total. The largest absolute Gasteiger partial charge is 0.308 e. The molecule has 0 aliphatic carbocycles. The van der Waals surface area contributed by atoms with E-state index in [1.165, 1.54) is 11.3 Å². The lowest BCUT2D eigenvalue weighted by atomic mass is 10.2. The van der Waals surface area contributed by atoms with Gasteiger partial charge in [-0.05, 0) is 41.6 Å². The van der Waals surface area contributed by atoms with E-state index in [9.17, 15) is 4.79 Å². The van der Waals surface area contributed by atoms with Crippen LogP contribution in [0.3, 0.4) is 0 Å². The van der Waals surface area contributed by atoms with Crippen LogP contribution in [0.4, 0.5) is 0 Å². The van der Waals surface area contributed by atoms with Gasteiger partial charge in [-0.3, -0.25) is 9.36 Å². The van der Waals surface area contributed by atoms with E-state index in [4.69, 9.17) is 0 Å². The zero-order valence-electron chi connectivity index (χ0n) is 12.3. The predicted molar refractivity (Wildman–Crippen MR) is 89.1 cm³/mol. The smallest absolute Gasteiger partial charge is 0.288 e. The Balaban J connectivity index is 1.87. The fraction of sp³-hybridized carbons (Fsp3) is 0.125. The second-order valence-electron chi connectivity index (χ2n) is 5.17. The van der Waals surface area contributed by atoms with Crippen molar-refractivity contribution in [1.29, 1.82) is 0 Å². The number of nitrogens with zero attached hydrogens (tertiary/aromatic N) is 5. The van der Waals surface area contributed by atoms with Crippen molar-refractivity contribution in [3.8, 4) is 5.69 Å². The number of fused-ring (bicyclic) bond motifs is 1. The molecule has 0 fully saturated rings. The summed E-state index contributed by atoms with van der Waals surface area (Å²) >= 11 is 1.24. The summed E-state index contributed by atoms with van der Waals surface area (Å²) < 4.78 is 4.37. The molecule has 0 saturated carbocycles. The quantitative estimate of drug-likeness (QED) is 0.581. The van der Waals surface area contributed by atoms with Gasteiger partial charge >= 0.3 is 4.87 Å². The van der Waals surface area contributed by atoms with Crippen molar-refractivity contribution in [1.82, 2.24) is 24.8 Å². The van der Waals surface area contributed by atoms with Gasteiger partial charge in [0.15, 0.2) is 5.82 Å². The molecule has 2 heterocycles. The minimum Gasteiger partial charge on any atom is -0.288 e. The van der Waals surface area contributed by atoms with E-state index in [0.717, 1.165) is 15.9 Å². The van der Waals surface area contributed by atoms with Crippen molar-refractivity contribution in [3.05, 3.63) is 70.1 Å². The summed E-state index contributed by atoms with van der Waals surface area (Å²) in [5.74, 6) is 0.627. The van der Waals surface area contributed by atoms with Gasteiger partial charge < -0.3 is 0 Å². The molecule has 0 aliphatic rings. The minimum atomic E-state index is -0.270. The number of rotatable bonds is 3. The van der Waals surface area contributed by atoms with Gasteiger partial charge in [0.25, 0.3) is 0 Å². The van der Waals surface area contributed by atoms with E-state index in [0.29, 0.717) is 5.82 Å². The van der Waals surface area contributed by atoms with Crippen LogP contribution in [0.5, 0.6) is 0 Å². The lowest BCUT2D eigenvalue weighted by Gasteiger charge is -2.13. The molecule has 0 saturated heterocycles. The van der Waals surface area contributed by atoms with Crippen molar-refractivity contribution in [2.24, 2.45) is 0 Å². The maximum Gasteiger partial charge on any atom is 0.308 e. The second kappa shape index (κ2) is 5.44. The zero-order chi connectivity index (χ0) is 15.8. The van der Waals surface area contributed by atoms with E-state index in [2.05, 4.69) is 15.5 Å². The van der Waals surface area contributed by atoms with Crippen molar-refractivity contribution >= 4 is 21.6 Å². The summed E-state index contributed by atoms with van der Waals surface area (Å²) in [5, 5.41) is 12.0. The molecule has 0 spiro atoms. The Kier molecular flexibility index (Phi) is 3.27. The highest BCUT2D eigenvalue weighted by molar-refractivity contribution is 7.16. The summed E-state index contributed by atoms with van der Waals surface area (Å²) in [6.45, 7) is 1.94. The molecule has 0 amide bonds. The van der Waals surface area contributed by atoms with E-state index in [-0.39, 0.29) is 10.9 Å². The van der Waals surface area contributed by atoms with E-state index < -0.39 is 0 Å². The van der Waals surface area contributed by atoms with Crippen LogP contribution >= 0.6 is 11.3 Å². The number of thiazole rings is 1. The highest BCUT2D eigenvalue weighted by atomic mass is 32.1. The first-order chi connectivity index (χ1) is 11.3. The van der Waals surface area contributed by atoms with Crippen molar-refractivity contribution in [2.75, 3.05) is 0 Å². The highest BCUT2D eigenvalue weighted by Gasteiger charge is 2.21. The average Bonchev–Trinajstić information content (AvgIpc) is 3.18. The number of para-hydroxylation sites is 2. The molecular weight excluding hydrogens is 310 g/mol. The SMILES string of the molecule is C[C@@H](c1nnnn1-c1ccccc1)n1c(=O)sc2ccccc21. The molecule has 2 aromatic carbocycles. The van der Waals surface area contributed by atoms with Crippen molar-refractivity contribution < 1.29 is 0 Å². The molecule has 114 valence electrons. The van der Waals surface area contributed by atoms with Crippen LogP contribution in [0.2, 0.25) is 0 Å². The fourth-order valence-corrected chi connectivity index (χ4v) is 3.63. The summed E-state index contributed by atoms with van der Waals surface area (Å²) in [6.07, 6.45) is 0. The van der Waals surface area contributed by atoms with Gasteiger partial charge in [-0.1, -0.05) is 41.7 Å². The number of tetrazole rings is 1. The molecule has 7 heteroatoms. The molecule has 4 rings (SSSR count). The zero-order valence-corrected chi connectivity index (χ0v) is 13.1. The minimum absolute atomic E-state index is 0.0127. The Bertz CT molecular complexity index is 1020. The van der Waals surface area contributed by atoms with Gasteiger partial charge in [0.1, 0.15) is 0 Å².